The number of halogens is 1. The van der Waals surface area contributed by atoms with Crippen molar-refractivity contribution < 1.29 is 9.47 Å². The van der Waals surface area contributed by atoms with Crippen molar-refractivity contribution >= 4 is 49.0 Å². The van der Waals surface area contributed by atoms with Crippen molar-refractivity contribution in [3.63, 3.8) is 0 Å². The zero-order chi connectivity index (χ0) is 21.8. The highest BCUT2D eigenvalue weighted by Gasteiger charge is 2.18. The first kappa shape index (κ1) is 21.6. The molecule has 0 atom stereocenters. The number of thiophene rings is 1. The molecule has 0 fully saturated rings. The topological polar surface area (TPSA) is 56.3 Å². The lowest BCUT2D eigenvalue weighted by Gasteiger charge is -2.14. The average molecular weight is 498 g/mol. The van der Waals surface area contributed by atoms with E-state index in [0.717, 1.165) is 43.9 Å². The van der Waals surface area contributed by atoms with Crippen LogP contribution in [0.3, 0.4) is 0 Å². The maximum Gasteiger partial charge on any atom is 0.163 e. The second kappa shape index (κ2) is 9.66. The first-order chi connectivity index (χ1) is 15.1. The molecule has 160 valence electrons. The van der Waals surface area contributed by atoms with Gasteiger partial charge in [0.15, 0.2) is 11.5 Å². The minimum Gasteiger partial charge on any atom is -0.490 e. The van der Waals surface area contributed by atoms with E-state index in [0.29, 0.717) is 19.0 Å². The number of anilines is 2. The Hall–Kier alpha value is -2.64. The lowest BCUT2D eigenvalue weighted by atomic mass is 10.0. The van der Waals surface area contributed by atoms with Crippen LogP contribution < -0.4 is 14.8 Å². The fourth-order valence-corrected chi connectivity index (χ4v) is 4.88. The number of rotatable bonds is 8. The van der Waals surface area contributed by atoms with E-state index in [2.05, 4.69) is 62.4 Å². The van der Waals surface area contributed by atoms with Crippen molar-refractivity contribution in [3.05, 3.63) is 58.1 Å². The van der Waals surface area contributed by atoms with Crippen LogP contribution in [0.1, 0.15) is 25.6 Å². The van der Waals surface area contributed by atoms with Crippen LogP contribution >= 0.6 is 27.3 Å². The number of aryl methyl sites for hydroxylation is 1. The molecule has 2 aromatic carbocycles. The number of fused-ring (bicyclic) bond motifs is 1. The minimum atomic E-state index is 0.569. The second-order valence-corrected chi connectivity index (χ2v) is 8.81. The Kier molecular flexibility index (Phi) is 6.73. The quantitative estimate of drug-likeness (QED) is 0.278. The number of hydrogen-bond donors (Lipinski definition) is 1. The van der Waals surface area contributed by atoms with Gasteiger partial charge in [-0.05, 0) is 50.1 Å². The summed E-state index contributed by atoms with van der Waals surface area (Å²) in [5.41, 5.74) is 3.23. The molecule has 0 aliphatic carbocycles. The SMILES string of the molecule is CCOc1ccc(Nc2ncnc3sc(CC)c(-c4ccc(Br)cc4)c23)cc1OCC. The summed E-state index contributed by atoms with van der Waals surface area (Å²) in [6, 6.07) is 14.3. The Morgan fingerprint density at radius 1 is 0.935 bits per heavy atom. The van der Waals surface area contributed by atoms with Crippen molar-refractivity contribution in [2.75, 3.05) is 18.5 Å². The summed E-state index contributed by atoms with van der Waals surface area (Å²) in [5.74, 6) is 2.24. The molecule has 31 heavy (non-hydrogen) atoms. The molecule has 4 aromatic rings. The van der Waals surface area contributed by atoms with Crippen LogP contribution in [0.5, 0.6) is 11.5 Å². The van der Waals surface area contributed by atoms with Crippen molar-refractivity contribution in [2.45, 2.75) is 27.2 Å². The summed E-state index contributed by atoms with van der Waals surface area (Å²) < 4.78 is 12.5. The Morgan fingerprint density at radius 3 is 2.39 bits per heavy atom. The zero-order valence-corrected chi connectivity index (χ0v) is 20.1. The molecule has 0 unspecified atom stereocenters. The molecular formula is C24H24BrN3O2S. The molecule has 0 saturated carbocycles. The molecule has 1 N–H and O–H groups in total. The molecule has 2 heterocycles. The van der Waals surface area contributed by atoms with E-state index < -0.39 is 0 Å². The molecule has 0 spiro atoms. The molecule has 0 radical (unpaired) electrons. The Labute approximate surface area is 194 Å². The number of nitrogens with zero attached hydrogens (tertiary/aromatic N) is 2. The number of hydrogen-bond acceptors (Lipinski definition) is 6. The highest BCUT2D eigenvalue weighted by Crippen LogP contribution is 2.42. The van der Waals surface area contributed by atoms with Gasteiger partial charge in [0, 0.05) is 26.7 Å². The van der Waals surface area contributed by atoms with Crippen molar-refractivity contribution in [3.8, 4) is 22.6 Å². The summed E-state index contributed by atoms with van der Waals surface area (Å²) in [6.45, 7) is 7.26. The third-order valence-corrected chi connectivity index (χ3v) is 6.59. The van der Waals surface area contributed by atoms with Gasteiger partial charge in [-0.15, -0.1) is 11.3 Å². The van der Waals surface area contributed by atoms with Crippen LogP contribution in [0.15, 0.2) is 53.3 Å². The van der Waals surface area contributed by atoms with Crippen LogP contribution in [0.4, 0.5) is 11.5 Å². The number of aromatic nitrogens is 2. The summed E-state index contributed by atoms with van der Waals surface area (Å²) in [7, 11) is 0. The monoisotopic (exact) mass is 497 g/mol. The van der Waals surface area contributed by atoms with Crippen molar-refractivity contribution in [1.29, 1.82) is 0 Å². The normalized spacial score (nSPS) is 11.0. The Morgan fingerprint density at radius 2 is 1.68 bits per heavy atom. The molecule has 0 bridgehead atoms. The van der Waals surface area contributed by atoms with E-state index in [4.69, 9.17) is 9.47 Å². The molecule has 7 heteroatoms. The standard InChI is InChI=1S/C24H24BrN3O2S/c1-4-20-21(15-7-9-16(25)10-8-15)22-23(26-14-27-24(22)31-20)28-17-11-12-18(29-5-2)19(13-17)30-6-3/h7-14H,4-6H2,1-3H3,(H,26,27,28). The van der Waals surface area contributed by atoms with Crippen LogP contribution in [0.2, 0.25) is 0 Å². The smallest absolute Gasteiger partial charge is 0.163 e. The Bertz CT molecular complexity index is 1190. The van der Waals surface area contributed by atoms with Gasteiger partial charge in [0.05, 0.1) is 18.6 Å². The molecule has 0 aliphatic heterocycles. The molecule has 2 aromatic heterocycles. The third-order valence-electron chi connectivity index (χ3n) is 4.82. The zero-order valence-electron chi connectivity index (χ0n) is 17.7. The molecule has 0 amide bonds. The van der Waals surface area contributed by atoms with Gasteiger partial charge in [-0.25, -0.2) is 9.97 Å². The van der Waals surface area contributed by atoms with Crippen LogP contribution in [0, 0.1) is 0 Å². The van der Waals surface area contributed by atoms with E-state index >= 15 is 0 Å². The van der Waals surface area contributed by atoms with Gasteiger partial charge in [-0.1, -0.05) is 35.0 Å². The van der Waals surface area contributed by atoms with Gasteiger partial charge in [-0.3, -0.25) is 0 Å². The lowest BCUT2D eigenvalue weighted by molar-refractivity contribution is 0.288. The van der Waals surface area contributed by atoms with Crippen LogP contribution in [-0.2, 0) is 6.42 Å². The molecular weight excluding hydrogens is 474 g/mol. The average Bonchev–Trinajstić information content (AvgIpc) is 3.16. The van der Waals surface area contributed by atoms with Gasteiger partial charge in [0.25, 0.3) is 0 Å². The molecule has 0 aliphatic rings. The van der Waals surface area contributed by atoms with Crippen molar-refractivity contribution in [1.82, 2.24) is 9.97 Å². The second-order valence-electron chi connectivity index (χ2n) is 6.82. The highest BCUT2D eigenvalue weighted by atomic mass is 79.9. The van der Waals surface area contributed by atoms with Gasteiger partial charge >= 0.3 is 0 Å². The predicted octanol–water partition coefficient (Wildman–Crippen LogP) is 7.22. The summed E-state index contributed by atoms with van der Waals surface area (Å²) in [6.07, 6.45) is 2.55. The van der Waals surface area contributed by atoms with Gasteiger partial charge < -0.3 is 14.8 Å². The molecule has 0 saturated heterocycles. The van der Waals surface area contributed by atoms with E-state index in [1.165, 1.54) is 10.4 Å². The van der Waals surface area contributed by atoms with Crippen LogP contribution in [-0.4, -0.2) is 23.2 Å². The number of benzene rings is 2. The Balaban J connectivity index is 1.81. The number of ether oxygens (including phenoxy) is 2. The first-order valence-electron chi connectivity index (χ1n) is 10.3. The van der Waals surface area contributed by atoms with Crippen LogP contribution in [0.25, 0.3) is 21.3 Å². The van der Waals surface area contributed by atoms with E-state index in [9.17, 15) is 0 Å². The predicted molar refractivity (Wildman–Crippen MR) is 132 cm³/mol. The summed E-state index contributed by atoms with van der Waals surface area (Å²) in [5, 5.41) is 4.53. The molecule has 5 nitrogen and oxygen atoms in total. The van der Waals surface area contributed by atoms with E-state index in [1.54, 1.807) is 17.7 Å². The summed E-state index contributed by atoms with van der Waals surface area (Å²) >= 11 is 5.25. The lowest BCUT2D eigenvalue weighted by Crippen LogP contribution is -2.00. The van der Waals surface area contributed by atoms with Gasteiger partial charge in [0.2, 0.25) is 0 Å². The highest BCUT2D eigenvalue weighted by molar-refractivity contribution is 9.10. The molecule has 4 rings (SSSR count). The van der Waals surface area contributed by atoms with Gasteiger partial charge in [-0.2, -0.15) is 0 Å². The fourth-order valence-electron chi connectivity index (χ4n) is 3.51. The fraction of sp³-hybridized carbons (Fsp3) is 0.250. The minimum absolute atomic E-state index is 0.569. The number of nitrogens with one attached hydrogen (secondary N) is 1. The van der Waals surface area contributed by atoms with E-state index in [-0.39, 0.29) is 0 Å². The third kappa shape index (κ3) is 4.52. The largest absolute Gasteiger partial charge is 0.490 e. The maximum absolute atomic E-state index is 5.78. The van der Waals surface area contributed by atoms with Gasteiger partial charge in [0.1, 0.15) is 17.0 Å². The van der Waals surface area contributed by atoms with E-state index in [1.807, 2.05) is 32.0 Å². The summed E-state index contributed by atoms with van der Waals surface area (Å²) in [4.78, 5) is 11.4. The van der Waals surface area contributed by atoms with Crippen molar-refractivity contribution in [2.24, 2.45) is 0 Å². The first-order valence-corrected chi connectivity index (χ1v) is 11.9. The maximum atomic E-state index is 5.78.